The molecule has 0 aliphatic rings. The molecule has 2 aromatic rings. The van der Waals surface area contributed by atoms with Crippen LogP contribution in [-0.4, -0.2) is 27.6 Å². The Morgan fingerprint density at radius 1 is 1.52 bits per heavy atom. The van der Waals surface area contributed by atoms with Gasteiger partial charge in [0.2, 0.25) is 0 Å². The summed E-state index contributed by atoms with van der Waals surface area (Å²) in [7, 11) is 0. The van der Waals surface area contributed by atoms with Gasteiger partial charge in [0.25, 0.3) is 0 Å². The van der Waals surface area contributed by atoms with E-state index < -0.39 is 11.8 Å². The Kier molecular flexibility index (Phi) is 4.87. The van der Waals surface area contributed by atoms with Crippen molar-refractivity contribution in [1.29, 1.82) is 0 Å². The van der Waals surface area contributed by atoms with Gasteiger partial charge in [0, 0.05) is 11.6 Å². The second-order valence-electron chi connectivity index (χ2n) is 4.20. The molecule has 0 saturated carbocycles. The quantitative estimate of drug-likeness (QED) is 0.850. The highest BCUT2D eigenvalue weighted by molar-refractivity contribution is 6.31. The maximum Gasteiger partial charge on any atom is 0.360 e. The van der Waals surface area contributed by atoms with E-state index in [2.05, 4.69) is 10.3 Å². The third-order valence-electron chi connectivity index (χ3n) is 2.83. The first-order valence-corrected chi connectivity index (χ1v) is 6.68. The number of ether oxygens (including phenoxy) is 1. The molecule has 0 radical (unpaired) electrons. The van der Waals surface area contributed by atoms with Crippen LogP contribution in [0.2, 0.25) is 5.02 Å². The summed E-state index contributed by atoms with van der Waals surface area (Å²) in [5.41, 5.74) is 6.81. The van der Waals surface area contributed by atoms with Crippen LogP contribution in [0.3, 0.4) is 0 Å². The lowest BCUT2D eigenvalue weighted by atomic mass is 10.2. The summed E-state index contributed by atoms with van der Waals surface area (Å²) < 4.78 is 19.4. The fourth-order valence-corrected chi connectivity index (χ4v) is 2.06. The van der Waals surface area contributed by atoms with Gasteiger partial charge in [0.15, 0.2) is 5.69 Å². The first-order valence-electron chi connectivity index (χ1n) is 6.30. The number of hydrogen-bond acceptors (Lipinski definition) is 5. The number of benzene rings is 1. The van der Waals surface area contributed by atoms with Crippen LogP contribution < -0.4 is 5.73 Å². The Morgan fingerprint density at radius 2 is 2.29 bits per heavy atom. The van der Waals surface area contributed by atoms with Gasteiger partial charge in [-0.1, -0.05) is 22.9 Å². The summed E-state index contributed by atoms with van der Waals surface area (Å²) in [5, 5.41) is 7.94. The van der Waals surface area contributed by atoms with Gasteiger partial charge in [-0.3, -0.25) is 0 Å². The average molecular weight is 313 g/mol. The summed E-state index contributed by atoms with van der Waals surface area (Å²) in [4.78, 5) is 11.7. The Bertz CT molecular complexity index is 660. The topological polar surface area (TPSA) is 83.0 Å². The summed E-state index contributed by atoms with van der Waals surface area (Å²) >= 11 is 5.97. The summed E-state index contributed by atoms with van der Waals surface area (Å²) in [6, 6.07) is 4.05. The summed E-state index contributed by atoms with van der Waals surface area (Å²) in [5.74, 6) is -0.997. The fourth-order valence-electron chi connectivity index (χ4n) is 1.83. The predicted octanol–water partition coefficient (Wildman–Crippen LogP) is 1.75. The number of nitrogens with two attached hydrogens (primary N) is 1. The van der Waals surface area contributed by atoms with E-state index in [0.717, 1.165) is 0 Å². The van der Waals surface area contributed by atoms with Crippen molar-refractivity contribution in [3.63, 3.8) is 0 Å². The lowest BCUT2D eigenvalue weighted by molar-refractivity contribution is 0.0518. The Labute approximate surface area is 125 Å². The third kappa shape index (κ3) is 3.37. The van der Waals surface area contributed by atoms with Crippen molar-refractivity contribution >= 4 is 17.6 Å². The third-order valence-corrected chi connectivity index (χ3v) is 3.19. The number of rotatable bonds is 5. The van der Waals surface area contributed by atoms with Gasteiger partial charge in [0.05, 0.1) is 18.8 Å². The smallest absolute Gasteiger partial charge is 0.360 e. The van der Waals surface area contributed by atoms with E-state index in [9.17, 15) is 9.18 Å². The number of aromatic nitrogens is 3. The number of carbonyl (C=O) groups is 1. The molecule has 0 amide bonds. The Morgan fingerprint density at radius 3 is 2.90 bits per heavy atom. The molecule has 2 rings (SSSR count). The SMILES string of the molecule is CCOC(=O)c1nnn(Cc2ccc(F)cc2Cl)c1CN. The standard InChI is InChI=1S/C13H14ClFN4O2/c1-2-21-13(20)12-11(6-16)19(18-17-12)7-8-3-4-9(15)5-10(8)14/h3-5H,2,6-7,16H2,1H3. The molecule has 6 nitrogen and oxygen atoms in total. The number of hydrogen-bond donors (Lipinski definition) is 1. The van der Waals surface area contributed by atoms with Crippen LogP contribution in [0.25, 0.3) is 0 Å². The maximum atomic E-state index is 13.0. The van der Waals surface area contributed by atoms with Gasteiger partial charge < -0.3 is 10.5 Å². The normalized spacial score (nSPS) is 10.7. The van der Waals surface area contributed by atoms with Crippen molar-refractivity contribution < 1.29 is 13.9 Å². The molecule has 21 heavy (non-hydrogen) atoms. The van der Waals surface area contributed by atoms with E-state index in [4.69, 9.17) is 22.1 Å². The van der Waals surface area contributed by atoms with E-state index in [1.54, 1.807) is 13.0 Å². The summed E-state index contributed by atoms with van der Waals surface area (Å²) in [6.45, 7) is 2.24. The largest absolute Gasteiger partial charge is 0.461 e. The van der Waals surface area contributed by atoms with Crippen LogP contribution in [0.1, 0.15) is 28.7 Å². The van der Waals surface area contributed by atoms with Crippen LogP contribution >= 0.6 is 11.6 Å². The van der Waals surface area contributed by atoms with Crippen molar-refractivity contribution in [2.45, 2.75) is 20.0 Å². The molecule has 0 saturated heterocycles. The number of carbonyl (C=O) groups excluding carboxylic acids is 1. The fraction of sp³-hybridized carbons (Fsp3) is 0.308. The molecule has 0 fully saturated rings. The first kappa shape index (κ1) is 15.4. The molecular weight excluding hydrogens is 299 g/mol. The Hall–Kier alpha value is -1.99. The highest BCUT2D eigenvalue weighted by atomic mass is 35.5. The van der Waals surface area contributed by atoms with Crippen LogP contribution in [0, 0.1) is 5.82 Å². The van der Waals surface area contributed by atoms with Gasteiger partial charge in [-0.05, 0) is 24.6 Å². The minimum absolute atomic E-state index is 0.0694. The van der Waals surface area contributed by atoms with Crippen LogP contribution in [-0.2, 0) is 17.8 Å². The van der Waals surface area contributed by atoms with Gasteiger partial charge >= 0.3 is 5.97 Å². The molecule has 112 valence electrons. The minimum atomic E-state index is -0.575. The van der Waals surface area contributed by atoms with Crippen LogP contribution in [0.5, 0.6) is 0 Å². The molecule has 0 spiro atoms. The average Bonchev–Trinajstić information content (AvgIpc) is 2.85. The Balaban J connectivity index is 2.30. The van der Waals surface area contributed by atoms with Crippen LogP contribution in [0.4, 0.5) is 4.39 Å². The van der Waals surface area contributed by atoms with E-state index in [1.807, 2.05) is 0 Å². The molecule has 0 bridgehead atoms. The van der Waals surface area contributed by atoms with Gasteiger partial charge in [-0.25, -0.2) is 13.9 Å². The molecule has 1 aromatic heterocycles. The molecular formula is C13H14ClFN4O2. The van der Waals surface area contributed by atoms with Crippen LogP contribution in [0.15, 0.2) is 18.2 Å². The van der Waals surface area contributed by atoms with E-state index in [0.29, 0.717) is 11.3 Å². The van der Waals surface area contributed by atoms with Crippen molar-refractivity contribution in [3.8, 4) is 0 Å². The van der Waals surface area contributed by atoms with E-state index in [-0.39, 0.29) is 30.4 Å². The van der Waals surface area contributed by atoms with Gasteiger partial charge in [0.1, 0.15) is 5.82 Å². The lowest BCUT2D eigenvalue weighted by Crippen LogP contribution is -2.15. The minimum Gasteiger partial charge on any atom is -0.461 e. The van der Waals surface area contributed by atoms with Gasteiger partial charge in [-0.15, -0.1) is 5.10 Å². The molecule has 0 unspecified atom stereocenters. The van der Waals surface area contributed by atoms with E-state index in [1.165, 1.54) is 16.8 Å². The highest BCUT2D eigenvalue weighted by Crippen LogP contribution is 2.19. The molecule has 0 aliphatic carbocycles. The van der Waals surface area contributed by atoms with Crippen molar-refractivity contribution in [3.05, 3.63) is 46.0 Å². The maximum absolute atomic E-state index is 13.0. The second kappa shape index (κ2) is 6.64. The molecule has 2 N–H and O–H groups in total. The number of halogens is 2. The molecule has 8 heteroatoms. The van der Waals surface area contributed by atoms with Gasteiger partial charge in [-0.2, -0.15) is 0 Å². The zero-order valence-electron chi connectivity index (χ0n) is 11.3. The first-order chi connectivity index (χ1) is 10.1. The van der Waals surface area contributed by atoms with Crippen molar-refractivity contribution in [2.75, 3.05) is 6.61 Å². The highest BCUT2D eigenvalue weighted by Gasteiger charge is 2.20. The zero-order valence-corrected chi connectivity index (χ0v) is 12.1. The summed E-state index contributed by atoms with van der Waals surface area (Å²) in [6.07, 6.45) is 0. The van der Waals surface area contributed by atoms with E-state index >= 15 is 0 Å². The lowest BCUT2D eigenvalue weighted by Gasteiger charge is -2.07. The second-order valence-corrected chi connectivity index (χ2v) is 4.61. The number of nitrogens with zero attached hydrogens (tertiary/aromatic N) is 3. The molecule has 1 aromatic carbocycles. The van der Waals surface area contributed by atoms with Crippen molar-refractivity contribution in [1.82, 2.24) is 15.0 Å². The monoisotopic (exact) mass is 312 g/mol. The predicted molar refractivity (Wildman–Crippen MR) is 74.4 cm³/mol. The number of esters is 1. The molecule has 1 heterocycles. The molecule has 0 aliphatic heterocycles. The van der Waals surface area contributed by atoms with Crippen molar-refractivity contribution in [2.24, 2.45) is 5.73 Å². The zero-order chi connectivity index (χ0) is 15.4. The molecule has 0 atom stereocenters.